The number of nitrogens with zero attached hydrogens (tertiary/aromatic N) is 4. The van der Waals surface area contributed by atoms with Crippen LogP contribution in [-0.4, -0.2) is 60.4 Å². The second-order valence-electron chi connectivity index (χ2n) is 4.98. The minimum atomic E-state index is -0.643. The molecule has 0 aromatic heterocycles. The maximum atomic E-state index is 10.6. The predicted octanol–water partition coefficient (Wildman–Crippen LogP) is 0.103. The Morgan fingerprint density at radius 3 is 3.11 bits per heavy atom. The van der Waals surface area contributed by atoms with E-state index >= 15 is 0 Å². The molecule has 1 atom stereocenters. The molecule has 0 amide bonds. The summed E-state index contributed by atoms with van der Waals surface area (Å²) in [6, 6.07) is 0. The maximum absolute atomic E-state index is 10.6. The van der Waals surface area contributed by atoms with Gasteiger partial charge in [-0.1, -0.05) is 6.92 Å². The Balaban J connectivity index is 1.99. The first-order valence-electron chi connectivity index (χ1n) is 6.71. The zero-order valence-corrected chi connectivity index (χ0v) is 11.2. The van der Waals surface area contributed by atoms with E-state index in [2.05, 4.69) is 22.2 Å². The van der Waals surface area contributed by atoms with E-state index in [0.29, 0.717) is 25.2 Å². The third kappa shape index (κ3) is 4.03. The van der Waals surface area contributed by atoms with E-state index in [1.165, 1.54) is 0 Å². The maximum Gasteiger partial charge on any atom is 0.273 e. The van der Waals surface area contributed by atoms with Crippen LogP contribution in [-0.2, 0) is 4.74 Å². The Kier molecular flexibility index (Phi) is 4.92. The van der Waals surface area contributed by atoms with Gasteiger partial charge >= 0.3 is 0 Å². The fraction of sp³-hybridized carbons (Fsp3) is 0.909. The molecular formula is C11H21N5O3. The molecule has 2 fully saturated rings. The molecule has 108 valence electrons. The van der Waals surface area contributed by atoms with Crippen molar-refractivity contribution in [2.75, 3.05) is 39.6 Å². The summed E-state index contributed by atoms with van der Waals surface area (Å²) in [5.41, 5.74) is 0. The number of hydrazone groups is 1. The SMILES string of the molecule is CCCN1CNC(=N[N+](=O)[O-])N(CC2CCOC2)C1. The van der Waals surface area contributed by atoms with Gasteiger partial charge in [-0.25, -0.2) is 10.1 Å². The van der Waals surface area contributed by atoms with Gasteiger partial charge in [0.15, 0.2) is 5.03 Å². The average Bonchev–Trinajstić information content (AvgIpc) is 2.85. The fourth-order valence-corrected chi connectivity index (χ4v) is 2.48. The third-order valence-electron chi connectivity index (χ3n) is 3.35. The molecule has 0 aliphatic carbocycles. The number of ether oxygens (including phenoxy) is 1. The zero-order valence-electron chi connectivity index (χ0n) is 11.2. The topological polar surface area (TPSA) is 83.2 Å². The van der Waals surface area contributed by atoms with Crippen molar-refractivity contribution < 1.29 is 9.77 Å². The highest BCUT2D eigenvalue weighted by Crippen LogP contribution is 2.15. The summed E-state index contributed by atoms with van der Waals surface area (Å²) in [7, 11) is 0. The van der Waals surface area contributed by atoms with Crippen LogP contribution in [0.1, 0.15) is 19.8 Å². The lowest BCUT2D eigenvalue weighted by Crippen LogP contribution is -2.58. The Morgan fingerprint density at radius 2 is 2.47 bits per heavy atom. The van der Waals surface area contributed by atoms with Crippen LogP contribution in [0.5, 0.6) is 0 Å². The van der Waals surface area contributed by atoms with Crippen LogP contribution >= 0.6 is 0 Å². The summed E-state index contributed by atoms with van der Waals surface area (Å²) in [5, 5.41) is 16.4. The van der Waals surface area contributed by atoms with Crippen molar-refractivity contribution in [3.8, 4) is 0 Å². The van der Waals surface area contributed by atoms with Gasteiger partial charge in [-0.05, 0) is 12.8 Å². The molecule has 0 radical (unpaired) electrons. The van der Waals surface area contributed by atoms with Crippen LogP contribution in [0.25, 0.3) is 0 Å². The molecule has 1 N–H and O–H groups in total. The average molecular weight is 271 g/mol. The van der Waals surface area contributed by atoms with Crippen LogP contribution in [0.15, 0.2) is 5.10 Å². The first-order chi connectivity index (χ1) is 9.19. The molecule has 1 unspecified atom stereocenters. The van der Waals surface area contributed by atoms with Crippen molar-refractivity contribution in [3.63, 3.8) is 0 Å². The quantitative estimate of drug-likeness (QED) is 0.564. The third-order valence-corrected chi connectivity index (χ3v) is 3.35. The van der Waals surface area contributed by atoms with Crippen molar-refractivity contribution in [2.45, 2.75) is 19.8 Å². The van der Waals surface area contributed by atoms with Gasteiger partial charge in [0.2, 0.25) is 0 Å². The van der Waals surface area contributed by atoms with Gasteiger partial charge in [-0.2, -0.15) is 0 Å². The number of hydrogen-bond donors (Lipinski definition) is 1. The first-order valence-corrected chi connectivity index (χ1v) is 6.71. The highest BCUT2D eigenvalue weighted by molar-refractivity contribution is 5.79. The Hall–Kier alpha value is -1.41. The van der Waals surface area contributed by atoms with Crippen molar-refractivity contribution in [1.29, 1.82) is 0 Å². The molecular weight excluding hydrogens is 250 g/mol. The largest absolute Gasteiger partial charge is 0.381 e. The van der Waals surface area contributed by atoms with E-state index < -0.39 is 5.03 Å². The number of hydrogen-bond acceptors (Lipinski definition) is 4. The van der Waals surface area contributed by atoms with Crippen molar-refractivity contribution in [3.05, 3.63) is 10.1 Å². The van der Waals surface area contributed by atoms with Crippen molar-refractivity contribution >= 4 is 5.96 Å². The molecule has 0 aromatic carbocycles. The lowest BCUT2D eigenvalue weighted by molar-refractivity contribution is -0.486. The summed E-state index contributed by atoms with van der Waals surface area (Å²) in [6.45, 7) is 6.65. The van der Waals surface area contributed by atoms with Gasteiger partial charge in [-0.3, -0.25) is 4.90 Å². The minimum absolute atomic E-state index is 0.365. The van der Waals surface area contributed by atoms with E-state index in [-0.39, 0.29) is 0 Å². The molecule has 2 rings (SSSR count). The monoisotopic (exact) mass is 271 g/mol. The van der Waals surface area contributed by atoms with E-state index in [4.69, 9.17) is 4.74 Å². The van der Waals surface area contributed by atoms with Crippen LogP contribution in [0.3, 0.4) is 0 Å². The smallest absolute Gasteiger partial charge is 0.273 e. The minimum Gasteiger partial charge on any atom is -0.381 e. The standard InChI is InChI=1S/C11H21N5O3/c1-2-4-14-8-12-11(13-16(17)18)15(9-14)6-10-3-5-19-7-10/h10H,2-9H2,1H3,(H,12,13). The molecule has 0 saturated carbocycles. The van der Waals surface area contributed by atoms with Gasteiger partial charge in [0.25, 0.3) is 5.96 Å². The van der Waals surface area contributed by atoms with Gasteiger partial charge in [0.1, 0.15) is 5.10 Å². The Bertz CT molecular complexity index is 343. The molecule has 2 aliphatic rings. The summed E-state index contributed by atoms with van der Waals surface area (Å²) < 4.78 is 5.35. The van der Waals surface area contributed by atoms with Crippen molar-refractivity contribution in [1.82, 2.24) is 15.1 Å². The van der Waals surface area contributed by atoms with Gasteiger partial charge in [0.05, 0.1) is 19.9 Å². The number of rotatable bonds is 5. The Labute approximate surface area is 112 Å². The summed E-state index contributed by atoms with van der Waals surface area (Å²) >= 11 is 0. The molecule has 0 spiro atoms. The molecule has 2 saturated heterocycles. The highest BCUT2D eigenvalue weighted by atomic mass is 16.7. The van der Waals surface area contributed by atoms with Gasteiger partial charge in [0, 0.05) is 25.6 Å². The fourth-order valence-electron chi connectivity index (χ4n) is 2.48. The van der Waals surface area contributed by atoms with Crippen LogP contribution in [0, 0.1) is 16.0 Å². The van der Waals surface area contributed by atoms with E-state index in [0.717, 1.165) is 39.1 Å². The number of guanidine groups is 1. The summed E-state index contributed by atoms with van der Waals surface area (Å²) in [5.74, 6) is 0.796. The van der Waals surface area contributed by atoms with E-state index in [1.54, 1.807) is 0 Å². The highest BCUT2D eigenvalue weighted by Gasteiger charge is 2.27. The summed E-state index contributed by atoms with van der Waals surface area (Å²) in [4.78, 5) is 14.7. The van der Waals surface area contributed by atoms with Crippen LogP contribution < -0.4 is 5.32 Å². The molecule has 0 bridgehead atoms. The van der Waals surface area contributed by atoms with Crippen molar-refractivity contribution in [2.24, 2.45) is 11.0 Å². The van der Waals surface area contributed by atoms with Gasteiger partial charge in [-0.15, -0.1) is 0 Å². The number of nitrogens with one attached hydrogen (secondary N) is 1. The van der Waals surface area contributed by atoms with Gasteiger partial charge < -0.3 is 15.0 Å². The van der Waals surface area contributed by atoms with Crippen LogP contribution in [0.2, 0.25) is 0 Å². The summed E-state index contributed by atoms with van der Waals surface area (Å²) in [6.07, 6.45) is 2.07. The zero-order chi connectivity index (χ0) is 13.7. The number of nitro groups is 1. The van der Waals surface area contributed by atoms with E-state index in [1.807, 2.05) is 4.90 Å². The Morgan fingerprint density at radius 1 is 1.63 bits per heavy atom. The molecule has 8 heteroatoms. The van der Waals surface area contributed by atoms with Crippen LogP contribution in [0.4, 0.5) is 0 Å². The molecule has 2 heterocycles. The van der Waals surface area contributed by atoms with E-state index in [9.17, 15) is 10.1 Å². The second-order valence-corrected chi connectivity index (χ2v) is 4.98. The predicted molar refractivity (Wildman–Crippen MR) is 69.9 cm³/mol. The first kappa shape index (κ1) is 14.0. The molecule has 0 aromatic rings. The lowest BCUT2D eigenvalue weighted by Gasteiger charge is -2.37. The lowest BCUT2D eigenvalue weighted by atomic mass is 10.1. The molecule has 2 aliphatic heterocycles. The molecule has 8 nitrogen and oxygen atoms in total. The second kappa shape index (κ2) is 6.67. The molecule has 19 heavy (non-hydrogen) atoms. The normalized spacial score (nSPS) is 26.7.